The smallest absolute Gasteiger partial charge is 0.215 e. The molecule has 2 rings (SSSR count). The molecule has 0 radical (unpaired) electrons. The molecule has 0 amide bonds. The SMILES string of the molecule is CNc1cc(Cl)cnc1C(=O)c1cc(F)cnc1C. The molecule has 2 aromatic heterocycles. The third-order valence-electron chi connectivity index (χ3n) is 2.64. The number of hydrogen-bond acceptors (Lipinski definition) is 4. The van der Waals surface area contributed by atoms with Crippen LogP contribution in [-0.2, 0) is 0 Å². The van der Waals surface area contributed by atoms with E-state index in [1.165, 1.54) is 6.20 Å². The number of nitrogens with zero attached hydrogens (tertiary/aromatic N) is 2. The van der Waals surface area contributed by atoms with E-state index in [0.29, 0.717) is 16.4 Å². The summed E-state index contributed by atoms with van der Waals surface area (Å²) in [7, 11) is 1.65. The zero-order valence-corrected chi connectivity index (χ0v) is 11.1. The predicted molar refractivity (Wildman–Crippen MR) is 71.2 cm³/mol. The van der Waals surface area contributed by atoms with E-state index in [4.69, 9.17) is 11.6 Å². The molecule has 4 nitrogen and oxygen atoms in total. The van der Waals surface area contributed by atoms with Crippen LogP contribution in [0.3, 0.4) is 0 Å². The van der Waals surface area contributed by atoms with Gasteiger partial charge in [-0.2, -0.15) is 0 Å². The Bertz CT molecular complexity index is 646. The molecule has 19 heavy (non-hydrogen) atoms. The molecule has 0 aromatic carbocycles. The molecule has 0 fully saturated rings. The number of anilines is 1. The highest BCUT2D eigenvalue weighted by atomic mass is 35.5. The van der Waals surface area contributed by atoms with Gasteiger partial charge in [-0.15, -0.1) is 0 Å². The second-order valence-corrected chi connectivity index (χ2v) is 4.35. The molecule has 1 N–H and O–H groups in total. The summed E-state index contributed by atoms with van der Waals surface area (Å²) in [6.45, 7) is 1.64. The Morgan fingerprint density at radius 2 is 2.05 bits per heavy atom. The lowest BCUT2D eigenvalue weighted by molar-refractivity contribution is 0.103. The standard InChI is InChI=1S/C13H11ClFN3O/c1-7-10(4-9(15)6-17-7)13(19)12-11(16-2)3-8(14)5-18-12/h3-6,16H,1-2H3. The molecule has 0 aliphatic heterocycles. The summed E-state index contributed by atoms with van der Waals surface area (Å²) in [6, 6.07) is 2.74. The minimum absolute atomic E-state index is 0.183. The predicted octanol–water partition coefficient (Wildman–Crippen LogP) is 2.85. The van der Waals surface area contributed by atoms with Gasteiger partial charge in [0.05, 0.1) is 16.9 Å². The average molecular weight is 280 g/mol. The van der Waals surface area contributed by atoms with E-state index in [1.54, 1.807) is 20.0 Å². The van der Waals surface area contributed by atoms with E-state index < -0.39 is 11.6 Å². The molecule has 2 heterocycles. The second-order valence-electron chi connectivity index (χ2n) is 3.92. The van der Waals surface area contributed by atoms with Crippen LogP contribution in [0.2, 0.25) is 5.02 Å². The fourth-order valence-electron chi connectivity index (χ4n) is 1.68. The molecule has 0 unspecified atom stereocenters. The Labute approximate surface area is 114 Å². The molecule has 0 aliphatic carbocycles. The van der Waals surface area contributed by atoms with Gasteiger partial charge < -0.3 is 5.32 Å². The van der Waals surface area contributed by atoms with Crippen molar-refractivity contribution in [2.24, 2.45) is 0 Å². The van der Waals surface area contributed by atoms with Gasteiger partial charge in [-0.25, -0.2) is 9.37 Å². The van der Waals surface area contributed by atoms with Crippen molar-refractivity contribution in [2.75, 3.05) is 12.4 Å². The summed E-state index contributed by atoms with van der Waals surface area (Å²) in [5.41, 5.74) is 1.31. The van der Waals surface area contributed by atoms with E-state index in [9.17, 15) is 9.18 Å². The van der Waals surface area contributed by atoms with Crippen molar-refractivity contribution in [3.8, 4) is 0 Å². The molecule has 0 atom stereocenters. The lowest BCUT2D eigenvalue weighted by Gasteiger charge is -2.09. The van der Waals surface area contributed by atoms with Crippen molar-refractivity contribution in [2.45, 2.75) is 6.92 Å². The highest BCUT2D eigenvalue weighted by molar-refractivity contribution is 6.31. The third-order valence-corrected chi connectivity index (χ3v) is 2.84. The summed E-state index contributed by atoms with van der Waals surface area (Å²) in [6.07, 6.45) is 2.44. The molecule has 0 spiro atoms. The van der Waals surface area contributed by atoms with E-state index >= 15 is 0 Å². The van der Waals surface area contributed by atoms with Crippen LogP contribution in [0, 0.1) is 12.7 Å². The first-order valence-corrected chi connectivity index (χ1v) is 5.91. The van der Waals surface area contributed by atoms with Gasteiger partial charge in [0.2, 0.25) is 5.78 Å². The molecule has 0 saturated heterocycles. The Kier molecular flexibility index (Phi) is 3.76. The number of hydrogen-bond donors (Lipinski definition) is 1. The van der Waals surface area contributed by atoms with Gasteiger partial charge in [0.25, 0.3) is 0 Å². The number of pyridine rings is 2. The summed E-state index contributed by atoms with van der Waals surface area (Å²) < 4.78 is 13.2. The molecule has 0 aliphatic rings. The van der Waals surface area contributed by atoms with Gasteiger partial charge in [-0.05, 0) is 19.1 Å². The lowest BCUT2D eigenvalue weighted by atomic mass is 10.1. The fraction of sp³-hybridized carbons (Fsp3) is 0.154. The van der Waals surface area contributed by atoms with E-state index in [1.807, 2.05) is 0 Å². The van der Waals surface area contributed by atoms with Crippen molar-refractivity contribution in [3.05, 3.63) is 52.3 Å². The molecule has 98 valence electrons. The second kappa shape index (κ2) is 5.32. The number of carbonyl (C=O) groups is 1. The largest absolute Gasteiger partial charge is 0.386 e. The molecule has 2 aromatic rings. The zero-order chi connectivity index (χ0) is 14.0. The maximum Gasteiger partial charge on any atom is 0.215 e. The molecule has 0 bridgehead atoms. The van der Waals surface area contributed by atoms with Crippen LogP contribution in [0.4, 0.5) is 10.1 Å². The minimum Gasteiger partial charge on any atom is -0.386 e. The van der Waals surface area contributed by atoms with E-state index in [0.717, 1.165) is 12.3 Å². The molecular weight excluding hydrogens is 269 g/mol. The quantitative estimate of drug-likeness (QED) is 0.878. The number of rotatable bonds is 3. The normalized spacial score (nSPS) is 10.3. The first kappa shape index (κ1) is 13.4. The monoisotopic (exact) mass is 279 g/mol. The number of carbonyl (C=O) groups excluding carboxylic acids is 1. The Balaban J connectivity index is 2.53. The van der Waals surface area contributed by atoms with Gasteiger partial charge in [0, 0.05) is 24.5 Å². The first-order chi connectivity index (χ1) is 9.02. The Morgan fingerprint density at radius 3 is 2.74 bits per heavy atom. The van der Waals surface area contributed by atoms with Gasteiger partial charge in [0.1, 0.15) is 11.5 Å². The highest BCUT2D eigenvalue weighted by Crippen LogP contribution is 2.22. The number of aromatic nitrogens is 2. The molecule has 6 heteroatoms. The van der Waals surface area contributed by atoms with Crippen LogP contribution in [-0.4, -0.2) is 22.8 Å². The number of halogens is 2. The summed E-state index contributed by atoms with van der Waals surface area (Å²) in [5.74, 6) is -0.959. The number of ketones is 1. The van der Waals surface area contributed by atoms with Crippen LogP contribution in [0.25, 0.3) is 0 Å². The first-order valence-electron chi connectivity index (χ1n) is 5.53. The third kappa shape index (κ3) is 2.71. The summed E-state index contributed by atoms with van der Waals surface area (Å²) in [5, 5.41) is 3.25. The zero-order valence-electron chi connectivity index (χ0n) is 10.4. The fourth-order valence-corrected chi connectivity index (χ4v) is 1.83. The van der Waals surface area contributed by atoms with Gasteiger partial charge in [-0.1, -0.05) is 11.6 Å². The van der Waals surface area contributed by atoms with Crippen LogP contribution in [0.5, 0.6) is 0 Å². The maximum absolute atomic E-state index is 13.2. The van der Waals surface area contributed by atoms with Crippen molar-refractivity contribution in [1.82, 2.24) is 9.97 Å². The minimum atomic E-state index is -0.561. The highest BCUT2D eigenvalue weighted by Gasteiger charge is 2.18. The van der Waals surface area contributed by atoms with Crippen molar-refractivity contribution in [3.63, 3.8) is 0 Å². The lowest BCUT2D eigenvalue weighted by Crippen LogP contribution is -2.10. The topological polar surface area (TPSA) is 54.9 Å². The van der Waals surface area contributed by atoms with Crippen molar-refractivity contribution in [1.29, 1.82) is 0 Å². The summed E-state index contributed by atoms with van der Waals surface area (Å²) >= 11 is 5.82. The van der Waals surface area contributed by atoms with Gasteiger partial charge in [0.15, 0.2) is 0 Å². The number of nitrogens with one attached hydrogen (secondary N) is 1. The van der Waals surface area contributed by atoms with Crippen LogP contribution in [0.15, 0.2) is 24.5 Å². The molecule has 0 saturated carbocycles. The van der Waals surface area contributed by atoms with Crippen LogP contribution < -0.4 is 5.32 Å². The van der Waals surface area contributed by atoms with E-state index in [-0.39, 0.29) is 11.3 Å². The van der Waals surface area contributed by atoms with Gasteiger partial charge >= 0.3 is 0 Å². The van der Waals surface area contributed by atoms with Crippen LogP contribution >= 0.6 is 11.6 Å². The molecular formula is C13H11ClFN3O. The number of aryl methyl sites for hydroxylation is 1. The van der Waals surface area contributed by atoms with Crippen molar-refractivity contribution >= 4 is 23.1 Å². The maximum atomic E-state index is 13.2. The average Bonchev–Trinajstić information content (AvgIpc) is 2.40. The van der Waals surface area contributed by atoms with Gasteiger partial charge in [-0.3, -0.25) is 9.78 Å². The summed E-state index contributed by atoms with van der Waals surface area (Å²) in [4.78, 5) is 20.2. The van der Waals surface area contributed by atoms with Crippen molar-refractivity contribution < 1.29 is 9.18 Å². The Hall–Kier alpha value is -2.01. The Morgan fingerprint density at radius 1 is 1.32 bits per heavy atom. The van der Waals surface area contributed by atoms with Crippen LogP contribution in [0.1, 0.15) is 21.7 Å². The van der Waals surface area contributed by atoms with E-state index in [2.05, 4.69) is 15.3 Å².